The van der Waals surface area contributed by atoms with E-state index in [4.69, 9.17) is 49.6 Å². The zero-order valence-corrected chi connectivity index (χ0v) is 20.4. The molecule has 1 fully saturated rings. The van der Waals surface area contributed by atoms with E-state index < -0.39 is 5.97 Å². The molecule has 1 aliphatic rings. The first-order valence-corrected chi connectivity index (χ1v) is 11.6. The Kier molecular flexibility index (Phi) is 8.42. The molecular formula is C22H19Cl2NO5S2. The highest BCUT2D eigenvalue weighted by Crippen LogP contribution is 2.38. The Labute approximate surface area is 205 Å². The number of thioether (sulfide) groups is 1. The van der Waals surface area contributed by atoms with Crippen LogP contribution in [0, 0.1) is 0 Å². The zero-order valence-electron chi connectivity index (χ0n) is 17.2. The summed E-state index contributed by atoms with van der Waals surface area (Å²) in [5, 5.41) is 0.729. The topological polar surface area (TPSA) is 65.1 Å². The van der Waals surface area contributed by atoms with Gasteiger partial charge in [-0.25, -0.2) is 4.79 Å². The van der Waals surface area contributed by atoms with Crippen molar-refractivity contribution in [1.29, 1.82) is 0 Å². The molecule has 2 aromatic rings. The van der Waals surface area contributed by atoms with E-state index in [2.05, 4.69) is 0 Å². The Morgan fingerprint density at radius 2 is 1.84 bits per heavy atom. The number of carbonyl (C=O) groups is 2. The van der Waals surface area contributed by atoms with Gasteiger partial charge in [-0.3, -0.25) is 9.69 Å². The van der Waals surface area contributed by atoms with Crippen molar-refractivity contribution in [3.8, 4) is 11.5 Å². The monoisotopic (exact) mass is 511 g/mol. The van der Waals surface area contributed by atoms with Crippen LogP contribution in [0.5, 0.6) is 11.5 Å². The van der Waals surface area contributed by atoms with E-state index in [1.165, 1.54) is 16.7 Å². The Bertz CT molecular complexity index is 1090. The molecule has 0 saturated carbocycles. The molecule has 2 aromatic carbocycles. The van der Waals surface area contributed by atoms with Gasteiger partial charge in [0, 0.05) is 0 Å². The molecule has 32 heavy (non-hydrogen) atoms. The van der Waals surface area contributed by atoms with E-state index in [-0.39, 0.29) is 19.1 Å². The van der Waals surface area contributed by atoms with Crippen LogP contribution in [0.25, 0.3) is 6.08 Å². The summed E-state index contributed by atoms with van der Waals surface area (Å²) in [6.07, 6.45) is 1.72. The Morgan fingerprint density at radius 3 is 2.53 bits per heavy atom. The summed E-state index contributed by atoms with van der Waals surface area (Å²) in [5.41, 5.74) is 1.26. The first kappa shape index (κ1) is 24.4. The average molecular weight is 512 g/mol. The number of rotatable bonds is 8. The lowest BCUT2D eigenvalue weighted by atomic mass is 10.1. The number of thiocarbonyl (C=S) groups is 1. The number of hydrogen-bond acceptors (Lipinski definition) is 7. The van der Waals surface area contributed by atoms with Gasteiger partial charge in [-0.15, -0.1) is 0 Å². The van der Waals surface area contributed by atoms with Crippen molar-refractivity contribution in [2.45, 2.75) is 13.8 Å². The van der Waals surface area contributed by atoms with Gasteiger partial charge in [0.25, 0.3) is 5.91 Å². The first-order valence-electron chi connectivity index (χ1n) is 9.62. The normalized spacial score (nSPS) is 14.8. The fraction of sp³-hybridized carbons (Fsp3) is 0.227. The fourth-order valence-corrected chi connectivity index (χ4v) is 4.40. The van der Waals surface area contributed by atoms with Crippen LogP contribution in [-0.2, 0) is 14.3 Å². The second-order valence-corrected chi connectivity index (χ2v) is 8.84. The number of carbonyl (C=O) groups excluding carboxylic acids is 2. The molecule has 6 nitrogen and oxygen atoms in total. The van der Waals surface area contributed by atoms with E-state index in [0.29, 0.717) is 48.6 Å². The van der Waals surface area contributed by atoms with Crippen LogP contribution in [0.3, 0.4) is 0 Å². The highest BCUT2D eigenvalue weighted by molar-refractivity contribution is 8.27. The molecule has 168 valence electrons. The van der Waals surface area contributed by atoms with Gasteiger partial charge < -0.3 is 14.2 Å². The van der Waals surface area contributed by atoms with Crippen LogP contribution >= 0.6 is 47.2 Å². The van der Waals surface area contributed by atoms with Crippen molar-refractivity contribution in [3.63, 3.8) is 0 Å². The van der Waals surface area contributed by atoms with Gasteiger partial charge in [0.1, 0.15) is 0 Å². The number of amides is 1. The minimum Gasteiger partial charge on any atom is -0.490 e. The lowest BCUT2D eigenvalue weighted by Gasteiger charge is -2.15. The van der Waals surface area contributed by atoms with Crippen molar-refractivity contribution in [3.05, 3.63) is 56.9 Å². The highest BCUT2D eigenvalue weighted by Gasteiger charge is 2.33. The predicted octanol–water partition coefficient (Wildman–Crippen LogP) is 5.74. The van der Waals surface area contributed by atoms with Gasteiger partial charge in [0.15, 0.2) is 22.4 Å². The zero-order chi connectivity index (χ0) is 23.3. The van der Waals surface area contributed by atoms with Crippen LogP contribution in [0.4, 0.5) is 5.69 Å². The SMILES string of the molecule is CCOC(=O)COc1ccc(/C=C2/SC(=S)N(c3ccc(Cl)c(Cl)c3)C2=O)cc1OCC. The second-order valence-electron chi connectivity index (χ2n) is 6.35. The Morgan fingerprint density at radius 1 is 1.06 bits per heavy atom. The Hall–Kier alpha value is -2.26. The van der Waals surface area contributed by atoms with Crippen molar-refractivity contribution in [2.75, 3.05) is 24.7 Å². The van der Waals surface area contributed by atoms with Gasteiger partial charge in [-0.2, -0.15) is 0 Å². The van der Waals surface area contributed by atoms with Gasteiger partial charge in [0.05, 0.1) is 33.9 Å². The number of nitrogens with zero attached hydrogens (tertiary/aromatic N) is 1. The quantitative estimate of drug-likeness (QED) is 0.254. The van der Waals surface area contributed by atoms with Gasteiger partial charge in [-0.05, 0) is 55.8 Å². The molecule has 0 N–H and O–H groups in total. The standard InChI is InChI=1S/C22H19Cl2NO5S2/c1-3-28-18-9-13(5-8-17(18)30-12-20(26)29-4-2)10-19-21(27)25(22(31)32-19)14-6-7-15(23)16(24)11-14/h5-11H,3-4,12H2,1-2H3/b19-10+. The number of benzene rings is 2. The summed E-state index contributed by atoms with van der Waals surface area (Å²) in [5.74, 6) is 0.120. The summed E-state index contributed by atoms with van der Waals surface area (Å²) >= 11 is 18.6. The lowest BCUT2D eigenvalue weighted by molar-refractivity contribution is -0.145. The molecule has 0 atom stereocenters. The maximum absolute atomic E-state index is 13.0. The van der Waals surface area contributed by atoms with Gasteiger partial charge in [-0.1, -0.05) is 53.2 Å². The van der Waals surface area contributed by atoms with Crippen molar-refractivity contribution >= 4 is 75.1 Å². The van der Waals surface area contributed by atoms with Gasteiger partial charge >= 0.3 is 5.97 Å². The first-order chi connectivity index (χ1) is 15.3. The molecular weight excluding hydrogens is 493 g/mol. The lowest BCUT2D eigenvalue weighted by Crippen LogP contribution is -2.27. The molecule has 1 amide bonds. The molecule has 10 heteroatoms. The van der Waals surface area contributed by atoms with E-state index in [0.717, 1.165) is 0 Å². The van der Waals surface area contributed by atoms with E-state index in [1.54, 1.807) is 49.4 Å². The molecule has 0 aromatic heterocycles. The number of anilines is 1. The van der Waals surface area contributed by atoms with Crippen LogP contribution in [0.15, 0.2) is 41.3 Å². The number of esters is 1. The predicted molar refractivity (Wildman–Crippen MR) is 132 cm³/mol. The fourth-order valence-electron chi connectivity index (χ4n) is 2.81. The molecule has 0 unspecified atom stereocenters. The summed E-state index contributed by atoms with van der Waals surface area (Å²) < 4.78 is 16.4. The van der Waals surface area contributed by atoms with E-state index >= 15 is 0 Å². The highest BCUT2D eigenvalue weighted by atomic mass is 35.5. The Balaban J connectivity index is 1.83. The van der Waals surface area contributed by atoms with E-state index in [1.807, 2.05) is 6.92 Å². The van der Waals surface area contributed by atoms with Crippen LogP contribution in [-0.4, -0.2) is 36.0 Å². The van der Waals surface area contributed by atoms with Crippen LogP contribution in [0.1, 0.15) is 19.4 Å². The van der Waals surface area contributed by atoms with Crippen molar-refractivity contribution in [2.24, 2.45) is 0 Å². The van der Waals surface area contributed by atoms with Gasteiger partial charge in [0.2, 0.25) is 0 Å². The third kappa shape index (κ3) is 5.75. The molecule has 0 spiro atoms. The molecule has 0 radical (unpaired) electrons. The summed E-state index contributed by atoms with van der Waals surface area (Å²) in [4.78, 5) is 26.4. The molecule has 1 aliphatic heterocycles. The molecule has 0 bridgehead atoms. The average Bonchev–Trinajstić information content (AvgIpc) is 3.03. The summed E-state index contributed by atoms with van der Waals surface area (Å²) in [7, 11) is 0. The maximum atomic E-state index is 13.0. The number of ether oxygens (including phenoxy) is 3. The minimum atomic E-state index is -0.468. The van der Waals surface area contributed by atoms with Crippen molar-refractivity contribution < 1.29 is 23.8 Å². The van der Waals surface area contributed by atoms with Crippen LogP contribution < -0.4 is 14.4 Å². The smallest absolute Gasteiger partial charge is 0.344 e. The molecule has 0 aliphatic carbocycles. The summed E-state index contributed by atoms with van der Waals surface area (Å²) in [6, 6.07) is 10.1. The summed E-state index contributed by atoms with van der Waals surface area (Å²) in [6.45, 7) is 4.01. The molecule has 3 rings (SSSR count). The minimum absolute atomic E-state index is 0.227. The number of halogens is 2. The van der Waals surface area contributed by atoms with Crippen molar-refractivity contribution in [1.82, 2.24) is 0 Å². The van der Waals surface area contributed by atoms with E-state index in [9.17, 15) is 9.59 Å². The molecule has 1 heterocycles. The molecule has 1 saturated heterocycles. The number of hydrogen-bond donors (Lipinski definition) is 0. The third-order valence-corrected chi connectivity index (χ3v) is 6.21. The maximum Gasteiger partial charge on any atom is 0.344 e. The largest absolute Gasteiger partial charge is 0.490 e. The second kappa shape index (κ2) is 11.0. The third-order valence-electron chi connectivity index (χ3n) is 4.17. The van der Waals surface area contributed by atoms with Crippen LogP contribution in [0.2, 0.25) is 10.0 Å².